The Bertz CT molecular complexity index is 530. The number of hydrogen-bond donors (Lipinski definition) is 3. The van der Waals surface area contributed by atoms with Crippen molar-refractivity contribution in [2.45, 2.75) is 18.2 Å². The number of pyridine rings is 1. The Morgan fingerprint density at radius 1 is 1.42 bits per heavy atom. The van der Waals surface area contributed by atoms with Crippen LogP contribution in [-0.4, -0.2) is 39.4 Å². The van der Waals surface area contributed by atoms with E-state index in [0.29, 0.717) is 12.4 Å². The first-order chi connectivity index (χ1) is 8.99. The molecule has 0 atom stereocenters. The first-order valence-corrected chi connectivity index (χ1v) is 7.38. The number of rotatable bonds is 7. The van der Waals surface area contributed by atoms with E-state index in [2.05, 4.69) is 20.3 Å². The van der Waals surface area contributed by atoms with Crippen molar-refractivity contribution in [3.8, 4) is 0 Å². The molecule has 0 aliphatic heterocycles. The van der Waals surface area contributed by atoms with E-state index in [1.54, 1.807) is 14.0 Å². The number of nitrogens with one attached hydrogen (secondary N) is 3. The van der Waals surface area contributed by atoms with Gasteiger partial charge < -0.3 is 10.6 Å². The Labute approximate surface area is 112 Å². The van der Waals surface area contributed by atoms with Crippen LogP contribution in [-0.2, 0) is 14.8 Å². The first-order valence-electron chi connectivity index (χ1n) is 5.89. The fraction of sp³-hybridized carbons (Fsp3) is 0.455. The van der Waals surface area contributed by atoms with Gasteiger partial charge in [-0.3, -0.25) is 4.79 Å². The van der Waals surface area contributed by atoms with Gasteiger partial charge in [0, 0.05) is 38.8 Å². The molecular weight excluding hydrogens is 268 g/mol. The molecule has 19 heavy (non-hydrogen) atoms. The summed E-state index contributed by atoms with van der Waals surface area (Å²) in [7, 11) is -1.96. The maximum atomic E-state index is 11.9. The summed E-state index contributed by atoms with van der Waals surface area (Å²) >= 11 is 0. The van der Waals surface area contributed by atoms with Crippen LogP contribution in [0.3, 0.4) is 0 Å². The molecule has 0 spiro atoms. The minimum absolute atomic E-state index is 0.0609. The SMILES string of the molecule is CCNC(=O)CCNS(=O)(=O)c1ccnc(NC)c1. The molecule has 1 amide bonds. The summed E-state index contributed by atoms with van der Waals surface area (Å²) in [6, 6.07) is 2.82. The lowest BCUT2D eigenvalue weighted by Gasteiger charge is -2.07. The summed E-state index contributed by atoms with van der Waals surface area (Å²) in [5.74, 6) is 0.280. The second-order valence-corrected chi connectivity index (χ2v) is 5.50. The molecule has 1 rings (SSSR count). The molecule has 7 nitrogen and oxygen atoms in total. The summed E-state index contributed by atoms with van der Waals surface area (Å²) in [6.45, 7) is 2.39. The zero-order valence-electron chi connectivity index (χ0n) is 10.9. The van der Waals surface area contributed by atoms with Crippen LogP contribution < -0.4 is 15.4 Å². The number of carbonyl (C=O) groups is 1. The standard InChI is InChI=1S/C11H18N4O3S/c1-3-13-11(16)5-7-15-19(17,18)9-4-6-14-10(8-9)12-2/h4,6,8,15H,3,5,7H2,1-2H3,(H,12,14)(H,13,16). The molecule has 0 aromatic carbocycles. The Balaban J connectivity index is 2.63. The minimum atomic E-state index is -3.61. The third-order valence-electron chi connectivity index (χ3n) is 2.32. The molecule has 0 aliphatic carbocycles. The summed E-state index contributed by atoms with van der Waals surface area (Å²) in [6.07, 6.45) is 1.52. The Kier molecular flexibility index (Phi) is 5.71. The maximum Gasteiger partial charge on any atom is 0.240 e. The van der Waals surface area contributed by atoms with Crippen molar-refractivity contribution in [1.82, 2.24) is 15.0 Å². The second-order valence-electron chi connectivity index (χ2n) is 3.73. The average Bonchev–Trinajstić information content (AvgIpc) is 2.39. The predicted molar refractivity (Wildman–Crippen MR) is 72.3 cm³/mol. The van der Waals surface area contributed by atoms with Crippen molar-refractivity contribution in [3.63, 3.8) is 0 Å². The van der Waals surface area contributed by atoms with Crippen LogP contribution in [0.2, 0.25) is 0 Å². The van der Waals surface area contributed by atoms with Gasteiger partial charge >= 0.3 is 0 Å². The number of carbonyl (C=O) groups excluding carboxylic acids is 1. The van der Waals surface area contributed by atoms with Crippen molar-refractivity contribution >= 4 is 21.7 Å². The second kappa shape index (κ2) is 7.05. The molecule has 1 aromatic heterocycles. The number of sulfonamides is 1. The van der Waals surface area contributed by atoms with Crippen molar-refractivity contribution in [3.05, 3.63) is 18.3 Å². The number of amides is 1. The zero-order valence-corrected chi connectivity index (χ0v) is 11.8. The third-order valence-corrected chi connectivity index (χ3v) is 3.77. The molecular formula is C11H18N4O3S. The molecule has 0 radical (unpaired) electrons. The van der Waals surface area contributed by atoms with Crippen LogP contribution in [0, 0.1) is 0 Å². The number of aromatic nitrogens is 1. The van der Waals surface area contributed by atoms with Crippen LogP contribution in [0.25, 0.3) is 0 Å². The maximum absolute atomic E-state index is 11.9. The van der Waals surface area contributed by atoms with Crippen LogP contribution >= 0.6 is 0 Å². The highest BCUT2D eigenvalue weighted by molar-refractivity contribution is 7.89. The minimum Gasteiger partial charge on any atom is -0.373 e. The number of nitrogens with zero attached hydrogens (tertiary/aromatic N) is 1. The van der Waals surface area contributed by atoms with Gasteiger partial charge in [-0.25, -0.2) is 18.1 Å². The summed E-state index contributed by atoms with van der Waals surface area (Å²) < 4.78 is 26.3. The van der Waals surface area contributed by atoms with E-state index >= 15 is 0 Å². The van der Waals surface area contributed by atoms with Gasteiger partial charge in [0.15, 0.2) is 0 Å². The van der Waals surface area contributed by atoms with Gasteiger partial charge in [-0.2, -0.15) is 0 Å². The van der Waals surface area contributed by atoms with Gasteiger partial charge in [-0.15, -0.1) is 0 Å². The van der Waals surface area contributed by atoms with E-state index in [1.165, 1.54) is 18.3 Å². The van der Waals surface area contributed by atoms with E-state index in [4.69, 9.17) is 0 Å². The zero-order chi connectivity index (χ0) is 14.3. The Morgan fingerprint density at radius 2 is 2.16 bits per heavy atom. The van der Waals surface area contributed by atoms with Crippen LogP contribution in [0.15, 0.2) is 23.2 Å². The molecule has 106 valence electrons. The van der Waals surface area contributed by atoms with Crippen molar-refractivity contribution < 1.29 is 13.2 Å². The van der Waals surface area contributed by atoms with Crippen molar-refractivity contribution in [2.75, 3.05) is 25.5 Å². The smallest absolute Gasteiger partial charge is 0.240 e. The average molecular weight is 286 g/mol. The fourth-order valence-electron chi connectivity index (χ4n) is 1.38. The van der Waals surface area contributed by atoms with Gasteiger partial charge in [0.1, 0.15) is 5.82 Å². The normalized spacial score (nSPS) is 11.1. The predicted octanol–water partition coefficient (Wildman–Crippen LogP) is -0.0722. The molecule has 0 saturated heterocycles. The van der Waals surface area contributed by atoms with Crippen molar-refractivity contribution in [2.24, 2.45) is 0 Å². The number of anilines is 1. The van der Waals surface area contributed by atoms with E-state index < -0.39 is 10.0 Å². The quantitative estimate of drug-likeness (QED) is 0.651. The first kappa shape index (κ1) is 15.4. The Hall–Kier alpha value is -1.67. The van der Waals surface area contributed by atoms with E-state index in [1.807, 2.05) is 0 Å². The van der Waals surface area contributed by atoms with Crippen LogP contribution in [0.5, 0.6) is 0 Å². The Morgan fingerprint density at radius 3 is 2.79 bits per heavy atom. The van der Waals surface area contributed by atoms with Crippen LogP contribution in [0.4, 0.5) is 5.82 Å². The molecule has 0 bridgehead atoms. The molecule has 1 heterocycles. The summed E-state index contributed by atoms with van der Waals surface area (Å²) in [5.41, 5.74) is 0. The van der Waals surface area contributed by atoms with Gasteiger partial charge in [-0.05, 0) is 13.0 Å². The molecule has 1 aromatic rings. The fourth-order valence-corrected chi connectivity index (χ4v) is 2.43. The largest absolute Gasteiger partial charge is 0.373 e. The molecule has 8 heteroatoms. The van der Waals surface area contributed by atoms with E-state index in [-0.39, 0.29) is 23.8 Å². The number of hydrogen-bond acceptors (Lipinski definition) is 5. The van der Waals surface area contributed by atoms with Gasteiger partial charge in [0.2, 0.25) is 15.9 Å². The van der Waals surface area contributed by atoms with E-state index in [0.717, 1.165) is 0 Å². The lowest BCUT2D eigenvalue weighted by atomic mass is 10.4. The topological polar surface area (TPSA) is 100 Å². The molecule has 0 unspecified atom stereocenters. The highest BCUT2D eigenvalue weighted by Gasteiger charge is 2.14. The van der Waals surface area contributed by atoms with Crippen LogP contribution in [0.1, 0.15) is 13.3 Å². The molecule has 0 fully saturated rings. The van der Waals surface area contributed by atoms with E-state index in [9.17, 15) is 13.2 Å². The highest BCUT2D eigenvalue weighted by atomic mass is 32.2. The van der Waals surface area contributed by atoms with Gasteiger partial charge in [0.25, 0.3) is 0 Å². The lowest BCUT2D eigenvalue weighted by Crippen LogP contribution is -2.30. The summed E-state index contributed by atoms with van der Waals surface area (Å²) in [5, 5.41) is 5.36. The molecule has 0 saturated carbocycles. The summed E-state index contributed by atoms with van der Waals surface area (Å²) in [4.78, 5) is 15.3. The third kappa shape index (κ3) is 4.84. The molecule has 3 N–H and O–H groups in total. The van der Waals surface area contributed by atoms with Crippen molar-refractivity contribution in [1.29, 1.82) is 0 Å². The highest BCUT2D eigenvalue weighted by Crippen LogP contribution is 2.11. The lowest BCUT2D eigenvalue weighted by molar-refractivity contribution is -0.120. The molecule has 0 aliphatic rings. The van der Waals surface area contributed by atoms with Gasteiger partial charge in [0.05, 0.1) is 4.90 Å². The monoisotopic (exact) mass is 286 g/mol. The van der Waals surface area contributed by atoms with Gasteiger partial charge in [-0.1, -0.05) is 0 Å².